The number of rotatable bonds is 7. The van der Waals surface area contributed by atoms with Gasteiger partial charge >= 0.3 is 0 Å². The van der Waals surface area contributed by atoms with Crippen molar-refractivity contribution in [2.75, 3.05) is 19.6 Å². The number of hydrogen-bond donors (Lipinski definition) is 1. The number of carbonyl (C=O) groups is 1. The Balaban J connectivity index is 2.43. The van der Waals surface area contributed by atoms with Crippen molar-refractivity contribution in [1.29, 1.82) is 0 Å². The molecule has 1 aliphatic carbocycles. The average Bonchev–Trinajstić information content (AvgIpc) is 2.30. The Morgan fingerprint density at radius 3 is 2.15 bits per heavy atom. The second-order valence-electron chi connectivity index (χ2n) is 7.42. The van der Waals surface area contributed by atoms with Gasteiger partial charge < -0.3 is 5.32 Å². The summed E-state index contributed by atoms with van der Waals surface area (Å²) >= 11 is 0. The molecular weight excluding hydrogens is 248 g/mol. The zero-order valence-electron chi connectivity index (χ0n) is 14.1. The smallest absolute Gasteiger partial charge is 0.234 e. The third kappa shape index (κ3) is 6.74. The molecule has 0 aromatic carbocycles. The van der Waals surface area contributed by atoms with Gasteiger partial charge in [-0.25, -0.2) is 0 Å². The Morgan fingerprint density at radius 2 is 1.65 bits per heavy atom. The molecule has 1 aliphatic rings. The van der Waals surface area contributed by atoms with Crippen LogP contribution in [-0.4, -0.2) is 36.5 Å². The van der Waals surface area contributed by atoms with Crippen molar-refractivity contribution in [3.8, 4) is 0 Å². The Morgan fingerprint density at radius 1 is 1.10 bits per heavy atom. The zero-order chi connectivity index (χ0) is 15.1. The highest BCUT2D eigenvalue weighted by atomic mass is 16.2. The van der Waals surface area contributed by atoms with Crippen LogP contribution in [0, 0.1) is 17.8 Å². The molecule has 118 valence electrons. The Labute approximate surface area is 125 Å². The van der Waals surface area contributed by atoms with Gasteiger partial charge in [-0.2, -0.15) is 0 Å². The van der Waals surface area contributed by atoms with E-state index in [0.717, 1.165) is 19.5 Å². The van der Waals surface area contributed by atoms with Crippen LogP contribution in [0.3, 0.4) is 0 Å². The molecule has 2 unspecified atom stereocenters. The average molecular weight is 282 g/mol. The first-order valence-corrected chi connectivity index (χ1v) is 8.40. The van der Waals surface area contributed by atoms with Crippen molar-refractivity contribution >= 4 is 5.91 Å². The fraction of sp³-hybridized carbons (Fsp3) is 0.941. The molecule has 0 spiro atoms. The van der Waals surface area contributed by atoms with Gasteiger partial charge in [0.15, 0.2) is 0 Å². The lowest BCUT2D eigenvalue weighted by atomic mass is 9.86. The molecule has 1 saturated carbocycles. The van der Waals surface area contributed by atoms with Crippen LogP contribution in [0.4, 0.5) is 0 Å². The molecule has 1 rings (SSSR count). The molecule has 1 fully saturated rings. The van der Waals surface area contributed by atoms with E-state index in [2.05, 4.69) is 44.8 Å². The number of amides is 1. The minimum atomic E-state index is 0.213. The molecule has 0 aromatic rings. The fourth-order valence-corrected chi connectivity index (χ4v) is 3.22. The van der Waals surface area contributed by atoms with Crippen molar-refractivity contribution in [3.05, 3.63) is 0 Å². The Bertz CT molecular complexity index is 279. The first-order chi connectivity index (χ1) is 9.38. The highest BCUT2D eigenvalue weighted by Crippen LogP contribution is 2.23. The van der Waals surface area contributed by atoms with E-state index in [4.69, 9.17) is 0 Å². The van der Waals surface area contributed by atoms with E-state index in [9.17, 15) is 4.79 Å². The topological polar surface area (TPSA) is 32.3 Å². The lowest BCUT2D eigenvalue weighted by molar-refractivity contribution is -0.123. The van der Waals surface area contributed by atoms with Gasteiger partial charge in [0.1, 0.15) is 0 Å². The quantitative estimate of drug-likeness (QED) is 0.777. The SMILES string of the molecule is CC(C)CN(CC(=O)NC1CCCCC1C)CC(C)C. The van der Waals surface area contributed by atoms with Gasteiger partial charge in [0.2, 0.25) is 5.91 Å². The van der Waals surface area contributed by atoms with Gasteiger partial charge in [0.05, 0.1) is 6.54 Å². The summed E-state index contributed by atoms with van der Waals surface area (Å²) in [6, 6.07) is 0.399. The fourth-order valence-electron chi connectivity index (χ4n) is 3.22. The van der Waals surface area contributed by atoms with Crippen molar-refractivity contribution in [2.24, 2.45) is 17.8 Å². The summed E-state index contributed by atoms with van der Waals surface area (Å²) in [5, 5.41) is 3.26. The number of hydrogen-bond acceptors (Lipinski definition) is 2. The van der Waals surface area contributed by atoms with Gasteiger partial charge in [0, 0.05) is 19.1 Å². The number of carbonyl (C=O) groups excluding carboxylic acids is 1. The third-order valence-electron chi connectivity index (χ3n) is 4.07. The summed E-state index contributed by atoms with van der Waals surface area (Å²) in [4.78, 5) is 14.6. The molecule has 1 N–H and O–H groups in total. The highest BCUT2D eigenvalue weighted by molar-refractivity contribution is 5.78. The van der Waals surface area contributed by atoms with Crippen LogP contribution in [0.2, 0.25) is 0 Å². The third-order valence-corrected chi connectivity index (χ3v) is 4.07. The maximum Gasteiger partial charge on any atom is 0.234 e. The molecular formula is C17H34N2O. The van der Waals surface area contributed by atoms with Crippen molar-refractivity contribution in [1.82, 2.24) is 10.2 Å². The molecule has 3 nitrogen and oxygen atoms in total. The normalized spacial score (nSPS) is 23.6. The summed E-state index contributed by atoms with van der Waals surface area (Å²) in [7, 11) is 0. The minimum Gasteiger partial charge on any atom is -0.352 e. The molecule has 1 amide bonds. The Hall–Kier alpha value is -0.570. The van der Waals surface area contributed by atoms with E-state index in [0.29, 0.717) is 30.3 Å². The molecule has 0 aliphatic heterocycles. The molecule has 20 heavy (non-hydrogen) atoms. The van der Waals surface area contributed by atoms with Crippen molar-refractivity contribution in [2.45, 2.75) is 66.3 Å². The lowest BCUT2D eigenvalue weighted by Crippen LogP contribution is -2.46. The van der Waals surface area contributed by atoms with Crippen LogP contribution in [-0.2, 0) is 4.79 Å². The van der Waals surface area contributed by atoms with E-state index < -0.39 is 0 Å². The van der Waals surface area contributed by atoms with Crippen LogP contribution in [0.15, 0.2) is 0 Å². The predicted octanol–water partition coefficient (Wildman–Crippen LogP) is 3.30. The van der Waals surface area contributed by atoms with Crippen LogP contribution in [0.5, 0.6) is 0 Å². The molecule has 0 radical (unpaired) electrons. The van der Waals surface area contributed by atoms with E-state index >= 15 is 0 Å². The molecule has 0 heterocycles. The van der Waals surface area contributed by atoms with Gasteiger partial charge in [-0.3, -0.25) is 9.69 Å². The van der Waals surface area contributed by atoms with E-state index in [1.54, 1.807) is 0 Å². The second-order valence-corrected chi connectivity index (χ2v) is 7.42. The van der Waals surface area contributed by atoms with Crippen LogP contribution in [0.1, 0.15) is 60.3 Å². The molecule has 2 atom stereocenters. The van der Waals surface area contributed by atoms with Crippen molar-refractivity contribution < 1.29 is 4.79 Å². The minimum absolute atomic E-state index is 0.213. The van der Waals surface area contributed by atoms with Crippen LogP contribution < -0.4 is 5.32 Å². The number of nitrogens with zero attached hydrogens (tertiary/aromatic N) is 1. The van der Waals surface area contributed by atoms with Gasteiger partial charge in [-0.15, -0.1) is 0 Å². The first kappa shape index (κ1) is 17.5. The summed E-state index contributed by atoms with van der Waals surface area (Å²) in [6.07, 6.45) is 4.99. The summed E-state index contributed by atoms with van der Waals surface area (Å²) in [5.41, 5.74) is 0. The van der Waals surface area contributed by atoms with E-state index in [-0.39, 0.29) is 5.91 Å². The second kappa shape index (κ2) is 8.66. The highest BCUT2D eigenvalue weighted by Gasteiger charge is 2.23. The number of nitrogens with one attached hydrogen (secondary N) is 1. The zero-order valence-corrected chi connectivity index (χ0v) is 14.1. The molecule has 0 aromatic heterocycles. The maximum atomic E-state index is 12.3. The molecule has 0 bridgehead atoms. The van der Waals surface area contributed by atoms with Gasteiger partial charge in [-0.05, 0) is 30.6 Å². The van der Waals surface area contributed by atoms with Gasteiger partial charge in [-0.1, -0.05) is 47.5 Å². The summed E-state index contributed by atoms with van der Waals surface area (Å²) in [6.45, 7) is 13.7. The lowest BCUT2D eigenvalue weighted by Gasteiger charge is -2.31. The largest absolute Gasteiger partial charge is 0.352 e. The van der Waals surface area contributed by atoms with Gasteiger partial charge in [0.25, 0.3) is 0 Å². The van der Waals surface area contributed by atoms with E-state index in [1.807, 2.05) is 0 Å². The summed E-state index contributed by atoms with van der Waals surface area (Å²) in [5.74, 6) is 2.06. The van der Waals surface area contributed by atoms with Crippen LogP contribution in [0.25, 0.3) is 0 Å². The standard InChI is InChI=1S/C17H34N2O/c1-13(2)10-19(11-14(3)4)12-17(20)18-16-9-7-6-8-15(16)5/h13-16H,6-12H2,1-5H3,(H,18,20). The first-order valence-electron chi connectivity index (χ1n) is 8.40. The molecule has 3 heteroatoms. The van der Waals surface area contributed by atoms with Crippen molar-refractivity contribution in [3.63, 3.8) is 0 Å². The van der Waals surface area contributed by atoms with E-state index in [1.165, 1.54) is 19.3 Å². The molecule has 0 saturated heterocycles. The van der Waals surface area contributed by atoms with Crippen LogP contribution >= 0.6 is 0 Å². The Kier molecular flexibility index (Phi) is 7.57. The predicted molar refractivity (Wildman–Crippen MR) is 85.7 cm³/mol. The monoisotopic (exact) mass is 282 g/mol. The summed E-state index contributed by atoms with van der Waals surface area (Å²) < 4.78 is 0. The maximum absolute atomic E-state index is 12.3.